The van der Waals surface area contributed by atoms with Crippen molar-refractivity contribution >= 4 is 5.91 Å². The second-order valence-corrected chi connectivity index (χ2v) is 4.54. The highest BCUT2D eigenvalue weighted by Crippen LogP contribution is 2.28. The summed E-state index contributed by atoms with van der Waals surface area (Å²) in [7, 11) is 0. The number of rotatable bonds is 3. The second kappa shape index (κ2) is 4.71. The number of carbonyl (C=O) groups excluding carboxylic acids is 1. The highest BCUT2D eigenvalue weighted by Gasteiger charge is 2.31. The molecule has 0 unspecified atom stereocenters. The molecule has 1 aliphatic rings. The van der Waals surface area contributed by atoms with E-state index in [9.17, 15) is 14.7 Å². The van der Waals surface area contributed by atoms with Gasteiger partial charge in [-0.15, -0.1) is 0 Å². The van der Waals surface area contributed by atoms with Crippen LogP contribution < -0.4 is 10.7 Å². The van der Waals surface area contributed by atoms with Crippen LogP contribution in [-0.2, 0) is 0 Å². The molecule has 5 heteroatoms. The van der Waals surface area contributed by atoms with Crippen LogP contribution in [0.3, 0.4) is 0 Å². The molecule has 0 bridgehead atoms. The minimum atomic E-state index is -0.794. The van der Waals surface area contributed by atoms with Crippen molar-refractivity contribution < 1.29 is 9.90 Å². The molecule has 0 radical (unpaired) electrons. The molecular formula is C12H16N2O3. The van der Waals surface area contributed by atoms with Gasteiger partial charge in [0.2, 0.25) is 0 Å². The lowest BCUT2D eigenvalue weighted by molar-refractivity contribution is 0.0449. The molecule has 0 aliphatic heterocycles. The molecular weight excluding hydrogens is 220 g/mol. The quantitative estimate of drug-likeness (QED) is 0.711. The molecule has 1 fully saturated rings. The zero-order valence-electron chi connectivity index (χ0n) is 9.53. The topological polar surface area (TPSA) is 82.2 Å². The first-order valence-electron chi connectivity index (χ1n) is 5.78. The molecule has 17 heavy (non-hydrogen) atoms. The van der Waals surface area contributed by atoms with Crippen molar-refractivity contribution in [3.8, 4) is 0 Å². The summed E-state index contributed by atoms with van der Waals surface area (Å²) in [5.74, 6) is -0.438. The van der Waals surface area contributed by atoms with Gasteiger partial charge in [0.05, 0.1) is 5.60 Å². The highest BCUT2D eigenvalue weighted by atomic mass is 16.3. The Morgan fingerprint density at radius 3 is 2.82 bits per heavy atom. The summed E-state index contributed by atoms with van der Waals surface area (Å²) in [4.78, 5) is 25.8. The van der Waals surface area contributed by atoms with Gasteiger partial charge >= 0.3 is 0 Å². The van der Waals surface area contributed by atoms with E-state index in [1.54, 1.807) is 0 Å². The smallest absolute Gasteiger partial charge is 0.256 e. The third-order valence-electron chi connectivity index (χ3n) is 3.18. The fraction of sp³-hybridized carbons (Fsp3) is 0.500. The van der Waals surface area contributed by atoms with Crippen LogP contribution in [0.4, 0.5) is 0 Å². The summed E-state index contributed by atoms with van der Waals surface area (Å²) in [6, 6.07) is 1.30. The molecule has 1 aliphatic carbocycles. The summed E-state index contributed by atoms with van der Waals surface area (Å²) in [5.41, 5.74) is -1.04. The van der Waals surface area contributed by atoms with E-state index in [-0.39, 0.29) is 17.5 Å². The maximum atomic E-state index is 11.7. The molecule has 2 rings (SSSR count). The van der Waals surface area contributed by atoms with E-state index in [4.69, 9.17) is 0 Å². The summed E-state index contributed by atoms with van der Waals surface area (Å²) in [6.45, 7) is 0.208. The maximum absolute atomic E-state index is 11.7. The van der Waals surface area contributed by atoms with Crippen molar-refractivity contribution in [2.45, 2.75) is 31.3 Å². The Hall–Kier alpha value is -1.62. The molecule has 92 valence electrons. The van der Waals surface area contributed by atoms with Gasteiger partial charge in [0, 0.05) is 25.0 Å². The fourth-order valence-electron chi connectivity index (χ4n) is 2.14. The minimum absolute atomic E-state index is 0.0779. The predicted molar refractivity (Wildman–Crippen MR) is 62.8 cm³/mol. The summed E-state index contributed by atoms with van der Waals surface area (Å²) in [5, 5.41) is 12.7. The fourth-order valence-corrected chi connectivity index (χ4v) is 2.14. The second-order valence-electron chi connectivity index (χ2n) is 4.54. The summed E-state index contributed by atoms with van der Waals surface area (Å²) in [6.07, 6.45) is 6.23. The molecule has 0 atom stereocenters. The van der Waals surface area contributed by atoms with Crippen molar-refractivity contribution in [2.24, 2.45) is 0 Å². The van der Waals surface area contributed by atoms with Crippen LogP contribution in [0.5, 0.6) is 0 Å². The molecule has 0 saturated heterocycles. The van der Waals surface area contributed by atoms with Crippen molar-refractivity contribution in [3.63, 3.8) is 0 Å². The first-order chi connectivity index (χ1) is 8.11. The van der Waals surface area contributed by atoms with Crippen LogP contribution in [0.1, 0.15) is 36.0 Å². The standard InChI is InChI=1S/C12H16N2O3/c15-10-3-6-13-7-9(10)11(16)14-8-12(17)4-1-2-5-12/h3,6-7,17H,1-2,4-5,8H2,(H,13,15)(H,14,16). The van der Waals surface area contributed by atoms with E-state index in [2.05, 4.69) is 10.3 Å². The van der Waals surface area contributed by atoms with E-state index in [0.29, 0.717) is 12.8 Å². The number of amides is 1. The number of pyridine rings is 1. The third kappa shape index (κ3) is 2.74. The predicted octanol–water partition coefficient (Wildman–Crippen LogP) is 0.410. The van der Waals surface area contributed by atoms with Crippen LogP contribution in [0, 0.1) is 0 Å². The number of hydrogen-bond acceptors (Lipinski definition) is 3. The van der Waals surface area contributed by atoms with Gasteiger partial charge in [0.1, 0.15) is 5.56 Å². The average molecular weight is 236 g/mol. The van der Waals surface area contributed by atoms with Crippen molar-refractivity contribution in [1.82, 2.24) is 10.3 Å². The lowest BCUT2D eigenvalue weighted by atomic mass is 10.0. The third-order valence-corrected chi connectivity index (χ3v) is 3.18. The first kappa shape index (κ1) is 11.9. The van der Waals surface area contributed by atoms with E-state index in [1.165, 1.54) is 18.5 Å². The average Bonchev–Trinajstić information content (AvgIpc) is 2.74. The normalized spacial score (nSPS) is 17.9. The number of carbonyl (C=O) groups is 1. The Morgan fingerprint density at radius 2 is 2.18 bits per heavy atom. The summed E-state index contributed by atoms with van der Waals surface area (Å²) < 4.78 is 0. The number of H-pyrrole nitrogens is 1. The minimum Gasteiger partial charge on any atom is -0.388 e. The molecule has 5 nitrogen and oxygen atoms in total. The van der Waals surface area contributed by atoms with Crippen LogP contribution in [0.25, 0.3) is 0 Å². The van der Waals surface area contributed by atoms with Gasteiger partial charge in [-0.1, -0.05) is 12.8 Å². The molecule has 3 N–H and O–H groups in total. The molecule has 1 heterocycles. The van der Waals surface area contributed by atoms with E-state index >= 15 is 0 Å². The van der Waals surface area contributed by atoms with Crippen LogP contribution in [0.2, 0.25) is 0 Å². The number of hydrogen-bond donors (Lipinski definition) is 3. The van der Waals surface area contributed by atoms with Gasteiger partial charge in [-0.05, 0) is 12.8 Å². The number of aliphatic hydroxyl groups is 1. The lowest BCUT2D eigenvalue weighted by Crippen LogP contribution is -2.41. The van der Waals surface area contributed by atoms with Gasteiger partial charge in [-0.2, -0.15) is 0 Å². The Morgan fingerprint density at radius 1 is 1.47 bits per heavy atom. The Kier molecular flexibility index (Phi) is 3.28. The van der Waals surface area contributed by atoms with E-state index in [1.807, 2.05) is 0 Å². The molecule has 0 spiro atoms. The molecule has 1 amide bonds. The molecule has 1 aromatic rings. The number of nitrogens with one attached hydrogen (secondary N) is 2. The van der Waals surface area contributed by atoms with Crippen molar-refractivity contribution in [2.75, 3.05) is 6.54 Å². The first-order valence-corrected chi connectivity index (χ1v) is 5.78. The van der Waals surface area contributed by atoms with E-state index < -0.39 is 11.5 Å². The zero-order valence-corrected chi connectivity index (χ0v) is 9.53. The van der Waals surface area contributed by atoms with Gasteiger partial charge in [-0.3, -0.25) is 9.59 Å². The van der Waals surface area contributed by atoms with Crippen LogP contribution >= 0.6 is 0 Å². The largest absolute Gasteiger partial charge is 0.388 e. The monoisotopic (exact) mass is 236 g/mol. The van der Waals surface area contributed by atoms with Crippen LogP contribution in [0.15, 0.2) is 23.3 Å². The van der Waals surface area contributed by atoms with Crippen molar-refractivity contribution in [1.29, 1.82) is 0 Å². The Bertz CT molecular complexity index is 461. The summed E-state index contributed by atoms with van der Waals surface area (Å²) >= 11 is 0. The molecule has 1 aromatic heterocycles. The lowest BCUT2D eigenvalue weighted by Gasteiger charge is -2.22. The molecule has 0 aromatic carbocycles. The number of aromatic amines is 1. The van der Waals surface area contributed by atoms with Crippen molar-refractivity contribution in [3.05, 3.63) is 34.2 Å². The zero-order chi connectivity index (χ0) is 12.3. The Balaban J connectivity index is 1.98. The van der Waals surface area contributed by atoms with Gasteiger partial charge < -0.3 is 15.4 Å². The van der Waals surface area contributed by atoms with Gasteiger partial charge in [-0.25, -0.2) is 0 Å². The number of aromatic nitrogens is 1. The molecule has 1 saturated carbocycles. The van der Waals surface area contributed by atoms with E-state index in [0.717, 1.165) is 12.8 Å². The maximum Gasteiger partial charge on any atom is 0.256 e. The van der Waals surface area contributed by atoms with Gasteiger partial charge in [0.25, 0.3) is 5.91 Å². The SMILES string of the molecule is O=C(NCC1(O)CCCC1)c1c[nH]ccc1=O. The highest BCUT2D eigenvalue weighted by molar-refractivity contribution is 5.93. The Labute approximate surface area is 98.9 Å². The van der Waals surface area contributed by atoms with Gasteiger partial charge in [0.15, 0.2) is 5.43 Å². The van der Waals surface area contributed by atoms with Crippen LogP contribution in [-0.4, -0.2) is 28.1 Å².